The van der Waals surface area contributed by atoms with Gasteiger partial charge in [-0.2, -0.15) is 8.42 Å². The second kappa shape index (κ2) is 3.95. The molecule has 0 aliphatic heterocycles. The highest BCUT2D eigenvalue weighted by molar-refractivity contribution is 7.85. The summed E-state index contributed by atoms with van der Waals surface area (Å²) in [6, 6.07) is 4.19. The molecule has 0 spiro atoms. The van der Waals surface area contributed by atoms with Gasteiger partial charge in [-0.25, -0.2) is 0 Å². The molecule has 1 aromatic rings. The number of nitrogens with two attached hydrogens (primary N) is 2. The zero-order valence-electron chi connectivity index (χ0n) is 7.47. The summed E-state index contributed by atoms with van der Waals surface area (Å²) in [6.45, 7) is 0.298. The SMILES string of the molecule is NCCc1cc(N)ccc1S(=O)(=O)O. The second-order valence-electron chi connectivity index (χ2n) is 2.88. The summed E-state index contributed by atoms with van der Waals surface area (Å²) in [5.41, 5.74) is 11.7. The Labute approximate surface area is 82.5 Å². The van der Waals surface area contributed by atoms with Gasteiger partial charge in [0.15, 0.2) is 0 Å². The van der Waals surface area contributed by atoms with Crippen LogP contribution in [0.3, 0.4) is 0 Å². The number of anilines is 1. The minimum atomic E-state index is -4.18. The molecule has 0 saturated carbocycles. The van der Waals surface area contributed by atoms with Crippen LogP contribution in [-0.4, -0.2) is 19.5 Å². The minimum Gasteiger partial charge on any atom is -0.399 e. The maximum absolute atomic E-state index is 10.9. The zero-order valence-corrected chi connectivity index (χ0v) is 8.29. The topological polar surface area (TPSA) is 106 Å². The van der Waals surface area contributed by atoms with Crippen molar-refractivity contribution < 1.29 is 13.0 Å². The molecule has 1 rings (SSSR count). The molecular weight excluding hydrogens is 204 g/mol. The summed E-state index contributed by atoms with van der Waals surface area (Å²) in [5.74, 6) is 0. The van der Waals surface area contributed by atoms with E-state index in [1.165, 1.54) is 18.2 Å². The first kappa shape index (κ1) is 11.0. The first-order valence-corrected chi connectivity index (χ1v) is 5.45. The maximum Gasteiger partial charge on any atom is 0.294 e. The first-order valence-electron chi connectivity index (χ1n) is 4.01. The van der Waals surface area contributed by atoms with Crippen molar-refractivity contribution in [1.82, 2.24) is 0 Å². The summed E-state index contributed by atoms with van der Waals surface area (Å²) in [5, 5.41) is 0. The van der Waals surface area contributed by atoms with Crippen molar-refractivity contribution in [2.75, 3.05) is 12.3 Å². The van der Waals surface area contributed by atoms with Crippen molar-refractivity contribution in [2.24, 2.45) is 5.73 Å². The molecule has 0 atom stereocenters. The van der Waals surface area contributed by atoms with Crippen molar-refractivity contribution in [3.63, 3.8) is 0 Å². The molecule has 0 amide bonds. The third-order valence-electron chi connectivity index (χ3n) is 1.78. The standard InChI is InChI=1S/C8H12N2O3S/c9-4-3-6-5-7(10)1-2-8(6)14(11,12)13/h1-2,5H,3-4,9-10H2,(H,11,12,13). The van der Waals surface area contributed by atoms with Gasteiger partial charge in [0.2, 0.25) is 0 Å². The molecule has 0 fully saturated rings. The Morgan fingerprint density at radius 3 is 2.50 bits per heavy atom. The molecule has 78 valence electrons. The van der Waals surface area contributed by atoms with Gasteiger partial charge in [0.25, 0.3) is 10.1 Å². The smallest absolute Gasteiger partial charge is 0.294 e. The van der Waals surface area contributed by atoms with Crippen LogP contribution in [0, 0.1) is 0 Å². The lowest BCUT2D eigenvalue weighted by molar-refractivity contribution is 0.482. The average molecular weight is 216 g/mol. The Hall–Kier alpha value is -1.11. The molecule has 0 radical (unpaired) electrons. The summed E-state index contributed by atoms with van der Waals surface area (Å²) < 4.78 is 30.7. The highest BCUT2D eigenvalue weighted by Crippen LogP contribution is 2.18. The molecule has 0 unspecified atom stereocenters. The molecule has 6 heteroatoms. The van der Waals surface area contributed by atoms with Crippen molar-refractivity contribution in [3.8, 4) is 0 Å². The van der Waals surface area contributed by atoms with Crippen molar-refractivity contribution >= 4 is 15.8 Å². The average Bonchev–Trinajstić information content (AvgIpc) is 2.02. The Balaban J connectivity index is 3.29. The van der Waals surface area contributed by atoms with Gasteiger partial charge in [-0.1, -0.05) is 0 Å². The van der Waals surface area contributed by atoms with E-state index < -0.39 is 10.1 Å². The van der Waals surface area contributed by atoms with Gasteiger partial charge in [-0.05, 0) is 36.7 Å². The monoisotopic (exact) mass is 216 g/mol. The van der Waals surface area contributed by atoms with Crippen LogP contribution in [0.1, 0.15) is 5.56 Å². The normalized spacial score (nSPS) is 11.6. The maximum atomic E-state index is 10.9. The van der Waals surface area contributed by atoms with E-state index in [9.17, 15) is 8.42 Å². The van der Waals surface area contributed by atoms with E-state index >= 15 is 0 Å². The molecular formula is C8H12N2O3S. The highest BCUT2D eigenvalue weighted by atomic mass is 32.2. The summed E-state index contributed by atoms with van der Waals surface area (Å²) in [7, 11) is -4.18. The van der Waals surface area contributed by atoms with Crippen LogP contribution in [0.15, 0.2) is 23.1 Å². The van der Waals surface area contributed by atoms with E-state index in [1.807, 2.05) is 0 Å². The zero-order chi connectivity index (χ0) is 10.8. The molecule has 5 nitrogen and oxygen atoms in total. The van der Waals surface area contributed by atoms with Crippen LogP contribution in [0.4, 0.5) is 5.69 Å². The quantitative estimate of drug-likeness (QED) is 0.487. The van der Waals surface area contributed by atoms with E-state index in [1.54, 1.807) is 0 Å². The van der Waals surface area contributed by atoms with E-state index in [2.05, 4.69) is 0 Å². The van der Waals surface area contributed by atoms with Gasteiger partial charge in [0, 0.05) is 5.69 Å². The fourth-order valence-electron chi connectivity index (χ4n) is 1.20. The molecule has 14 heavy (non-hydrogen) atoms. The first-order chi connectivity index (χ1) is 6.45. The van der Waals surface area contributed by atoms with Crippen molar-refractivity contribution in [2.45, 2.75) is 11.3 Å². The van der Waals surface area contributed by atoms with Gasteiger partial charge in [-0.3, -0.25) is 4.55 Å². The van der Waals surface area contributed by atoms with Crippen LogP contribution < -0.4 is 11.5 Å². The molecule has 0 aliphatic rings. The van der Waals surface area contributed by atoms with E-state index in [-0.39, 0.29) is 4.90 Å². The molecule has 0 saturated heterocycles. The molecule has 0 aromatic heterocycles. The molecule has 1 aromatic carbocycles. The van der Waals surface area contributed by atoms with E-state index in [0.717, 1.165) is 0 Å². The Morgan fingerprint density at radius 1 is 1.36 bits per heavy atom. The number of hydrogen-bond acceptors (Lipinski definition) is 4. The minimum absolute atomic E-state index is 0.128. The molecule has 0 heterocycles. The van der Waals surface area contributed by atoms with Gasteiger partial charge < -0.3 is 11.5 Å². The van der Waals surface area contributed by atoms with Crippen LogP contribution in [0.25, 0.3) is 0 Å². The number of nitrogen functional groups attached to an aromatic ring is 1. The predicted octanol–water partition coefficient (Wildman–Crippen LogP) is 0.0167. The third-order valence-corrected chi connectivity index (χ3v) is 2.73. The van der Waals surface area contributed by atoms with Crippen molar-refractivity contribution in [3.05, 3.63) is 23.8 Å². The fourth-order valence-corrected chi connectivity index (χ4v) is 1.93. The summed E-state index contributed by atoms with van der Waals surface area (Å²) in [4.78, 5) is -0.128. The van der Waals surface area contributed by atoms with Gasteiger partial charge in [-0.15, -0.1) is 0 Å². The van der Waals surface area contributed by atoms with Crippen LogP contribution >= 0.6 is 0 Å². The molecule has 0 aliphatic carbocycles. The van der Waals surface area contributed by atoms with Gasteiger partial charge >= 0.3 is 0 Å². The fraction of sp³-hybridized carbons (Fsp3) is 0.250. The lowest BCUT2D eigenvalue weighted by Gasteiger charge is -2.06. The summed E-state index contributed by atoms with van der Waals surface area (Å²) >= 11 is 0. The predicted molar refractivity (Wildman–Crippen MR) is 53.4 cm³/mol. The van der Waals surface area contributed by atoms with Crippen LogP contribution in [-0.2, 0) is 16.5 Å². The van der Waals surface area contributed by atoms with Crippen molar-refractivity contribution in [1.29, 1.82) is 0 Å². The lowest BCUT2D eigenvalue weighted by Crippen LogP contribution is -2.09. The largest absolute Gasteiger partial charge is 0.399 e. The van der Waals surface area contributed by atoms with Gasteiger partial charge in [0.1, 0.15) is 0 Å². The Kier molecular flexibility index (Phi) is 3.10. The van der Waals surface area contributed by atoms with Gasteiger partial charge in [0.05, 0.1) is 4.90 Å². The highest BCUT2D eigenvalue weighted by Gasteiger charge is 2.14. The number of benzene rings is 1. The molecule has 0 bridgehead atoms. The Bertz CT molecular complexity index is 428. The number of rotatable bonds is 3. The van der Waals surface area contributed by atoms with E-state index in [0.29, 0.717) is 24.2 Å². The van der Waals surface area contributed by atoms with E-state index in [4.69, 9.17) is 16.0 Å². The summed E-state index contributed by atoms with van der Waals surface area (Å²) in [6.07, 6.45) is 0.361. The Morgan fingerprint density at radius 2 is 2.00 bits per heavy atom. The second-order valence-corrected chi connectivity index (χ2v) is 4.27. The molecule has 5 N–H and O–H groups in total. The lowest BCUT2D eigenvalue weighted by atomic mass is 10.1. The van der Waals surface area contributed by atoms with Crippen LogP contribution in [0.2, 0.25) is 0 Å². The van der Waals surface area contributed by atoms with Crippen LogP contribution in [0.5, 0.6) is 0 Å². The third kappa shape index (κ3) is 2.44. The number of hydrogen-bond donors (Lipinski definition) is 3.